The molecule has 4 heteroatoms. The smallest absolute Gasteiger partial charge is 0.328 e. The molecule has 0 aromatic heterocycles. The quantitative estimate of drug-likeness (QED) is 0.819. The van der Waals surface area contributed by atoms with Gasteiger partial charge >= 0.3 is 5.97 Å². The topological polar surface area (TPSA) is 49.3 Å². The maximum absolute atomic E-state index is 13.3. The molecular formula is C14H20FNO2. The van der Waals surface area contributed by atoms with Crippen LogP contribution >= 0.6 is 0 Å². The SMILES string of the molecule is CCC(C)NC(CC)(C(=O)O)c1cccc(F)c1. The lowest BCUT2D eigenvalue weighted by Crippen LogP contribution is -2.52. The van der Waals surface area contributed by atoms with Crippen molar-refractivity contribution in [1.29, 1.82) is 0 Å². The number of benzene rings is 1. The van der Waals surface area contributed by atoms with Gasteiger partial charge in [0, 0.05) is 6.04 Å². The second-order valence-corrected chi connectivity index (χ2v) is 4.53. The third-order valence-corrected chi connectivity index (χ3v) is 3.32. The third kappa shape index (κ3) is 2.88. The molecule has 0 aliphatic heterocycles. The first-order chi connectivity index (χ1) is 8.46. The van der Waals surface area contributed by atoms with Crippen molar-refractivity contribution >= 4 is 5.97 Å². The number of carbonyl (C=O) groups is 1. The van der Waals surface area contributed by atoms with E-state index in [1.807, 2.05) is 13.8 Å². The molecule has 2 atom stereocenters. The minimum Gasteiger partial charge on any atom is -0.480 e. The van der Waals surface area contributed by atoms with Gasteiger partial charge < -0.3 is 5.11 Å². The molecule has 100 valence electrons. The Morgan fingerprint density at radius 3 is 2.61 bits per heavy atom. The maximum atomic E-state index is 13.3. The first kappa shape index (κ1) is 14.6. The fourth-order valence-electron chi connectivity index (χ4n) is 2.00. The third-order valence-electron chi connectivity index (χ3n) is 3.32. The standard InChI is InChI=1S/C14H20FNO2/c1-4-10(3)16-14(5-2,13(17)18)11-7-6-8-12(15)9-11/h6-10,16H,4-5H2,1-3H3,(H,17,18). The van der Waals surface area contributed by atoms with Crippen LogP contribution in [0.2, 0.25) is 0 Å². The molecule has 0 heterocycles. The summed E-state index contributed by atoms with van der Waals surface area (Å²) in [5.74, 6) is -1.39. The van der Waals surface area contributed by atoms with Crippen molar-refractivity contribution < 1.29 is 14.3 Å². The van der Waals surface area contributed by atoms with E-state index >= 15 is 0 Å². The van der Waals surface area contributed by atoms with Gasteiger partial charge in [-0.15, -0.1) is 0 Å². The number of rotatable bonds is 6. The van der Waals surface area contributed by atoms with Crippen molar-refractivity contribution in [1.82, 2.24) is 5.32 Å². The van der Waals surface area contributed by atoms with E-state index in [0.29, 0.717) is 12.0 Å². The van der Waals surface area contributed by atoms with Gasteiger partial charge in [0.2, 0.25) is 0 Å². The van der Waals surface area contributed by atoms with Crippen LogP contribution in [0.3, 0.4) is 0 Å². The predicted octanol–water partition coefficient (Wildman–Crippen LogP) is 2.90. The Morgan fingerprint density at radius 2 is 2.17 bits per heavy atom. The molecule has 0 saturated heterocycles. The van der Waals surface area contributed by atoms with Crippen LogP contribution < -0.4 is 5.32 Å². The van der Waals surface area contributed by atoms with E-state index in [0.717, 1.165) is 6.42 Å². The van der Waals surface area contributed by atoms with E-state index in [4.69, 9.17) is 0 Å². The van der Waals surface area contributed by atoms with E-state index in [-0.39, 0.29) is 6.04 Å². The van der Waals surface area contributed by atoms with Crippen molar-refractivity contribution in [3.8, 4) is 0 Å². The van der Waals surface area contributed by atoms with E-state index in [1.54, 1.807) is 13.0 Å². The summed E-state index contributed by atoms with van der Waals surface area (Å²) >= 11 is 0. The number of carboxylic acid groups (broad SMARTS) is 1. The molecule has 18 heavy (non-hydrogen) atoms. The van der Waals surface area contributed by atoms with Gasteiger partial charge in [-0.25, -0.2) is 9.18 Å². The second kappa shape index (κ2) is 5.96. The average Bonchev–Trinajstić information content (AvgIpc) is 2.35. The fraction of sp³-hybridized carbons (Fsp3) is 0.500. The molecule has 0 aliphatic rings. The molecule has 0 saturated carbocycles. The summed E-state index contributed by atoms with van der Waals surface area (Å²) in [6.07, 6.45) is 1.17. The summed E-state index contributed by atoms with van der Waals surface area (Å²) in [7, 11) is 0. The highest BCUT2D eigenvalue weighted by Gasteiger charge is 2.39. The summed E-state index contributed by atoms with van der Waals surface area (Å²) in [6, 6.07) is 5.83. The largest absolute Gasteiger partial charge is 0.480 e. The van der Waals surface area contributed by atoms with Crippen LogP contribution in [0, 0.1) is 5.82 Å². The van der Waals surface area contributed by atoms with Crippen LogP contribution in [0.5, 0.6) is 0 Å². The predicted molar refractivity (Wildman–Crippen MR) is 68.9 cm³/mol. The molecule has 3 nitrogen and oxygen atoms in total. The van der Waals surface area contributed by atoms with E-state index in [9.17, 15) is 14.3 Å². The minimum atomic E-state index is -1.22. The zero-order valence-corrected chi connectivity index (χ0v) is 11.0. The number of aliphatic carboxylic acids is 1. The lowest BCUT2D eigenvalue weighted by atomic mass is 9.86. The van der Waals surface area contributed by atoms with Gasteiger partial charge in [0.15, 0.2) is 0 Å². The summed E-state index contributed by atoms with van der Waals surface area (Å²) in [4.78, 5) is 11.6. The lowest BCUT2D eigenvalue weighted by molar-refractivity contribution is -0.146. The number of nitrogens with one attached hydrogen (secondary N) is 1. The number of hydrogen-bond donors (Lipinski definition) is 2. The molecule has 0 bridgehead atoms. The van der Waals surface area contributed by atoms with Gasteiger partial charge in [-0.1, -0.05) is 26.0 Å². The van der Waals surface area contributed by atoms with Crippen molar-refractivity contribution in [3.05, 3.63) is 35.6 Å². The van der Waals surface area contributed by atoms with E-state index in [1.165, 1.54) is 18.2 Å². The van der Waals surface area contributed by atoms with Crippen molar-refractivity contribution in [2.24, 2.45) is 0 Å². The Kier molecular flexibility index (Phi) is 4.84. The number of halogens is 1. The summed E-state index contributed by atoms with van der Waals surface area (Å²) in [5.41, 5.74) is -0.768. The van der Waals surface area contributed by atoms with Crippen LogP contribution in [0.25, 0.3) is 0 Å². The Hall–Kier alpha value is -1.42. The summed E-state index contributed by atoms with van der Waals surface area (Å²) in [5, 5.41) is 12.6. The van der Waals surface area contributed by atoms with Gasteiger partial charge in [-0.3, -0.25) is 5.32 Å². The molecule has 1 rings (SSSR count). The van der Waals surface area contributed by atoms with Crippen LogP contribution in [0.4, 0.5) is 4.39 Å². The van der Waals surface area contributed by atoms with Crippen LogP contribution in [-0.4, -0.2) is 17.1 Å². The first-order valence-corrected chi connectivity index (χ1v) is 6.23. The second-order valence-electron chi connectivity index (χ2n) is 4.53. The molecule has 0 fully saturated rings. The monoisotopic (exact) mass is 253 g/mol. The normalized spacial score (nSPS) is 16.0. The Balaban J connectivity index is 3.22. The molecule has 0 aliphatic carbocycles. The average molecular weight is 253 g/mol. The van der Waals surface area contributed by atoms with Crippen molar-refractivity contribution in [2.45, 2.75) is 45.2 Å². The van der Waals surface area contributed by atoms with Gasteiger partial charge in [-0.05, 0) is 37.5 Å². The first-order valence-electron chi connectivity index (χ1n) is 6.23. The molecular weight excluding hydrogens is 233 g/mol. The molecule has 1 aromatic carbocycles. The van der Waals surface area contributed by atoms with Crippen LogP contribution in [0.1, 0.15) is 39.2 Å². The van der Waals surface area contributed by atoms with E-state index < -0.39 is 17.3 Å². The van der Waals surface area contributed by atoms with Crippen molar-refractivity contribution in [2.75, 3.05) is 0 Å². The van der Waals surface area contributed by atoms with Gasteiger partial charge in [0.05, 0.1) is 0 Å². The van der Waals surface area contributed by atoms with Gasteiger partial charge in [0.25, 0.3) is 0 Å². The zero-order chi connectivity index (χ0) is 13.8. The number of carboxylic acids is 1. The Labute approximate surface area is 107 Å². The van der Waals surface area contributed by atoms with Gasteiger partial charge in [0.1, 0.15) is 11.4 Å². The van der Waals surface area contributed by atoms with E-state index in [2.05, 4.69) is 5.32 Å². The Morgan fingerprint density at radius 1 is 1.50 bits per heavy atom. The maximum Gasteiger partial charge on any atom is 0.328 e. The fourth-order valence-corrected chi connectivity index (χ4v) is 2.00. The molecule has 0 radical (unpaired) electrons. The molecule has 0 spiro atoms. The van der Waals surface area contributed by atoms with Gasteiger partial charge in [-0.2, -0.15) is 0 Å². The van der Waals surface area contributed by atoms with Crippen molar-refractivity contribution in [3.63, 3.8) is 0 Å². The number of hydrogen-bond acceptors (Lipinski definition) is 2. The highest BCUT2D eigenvalue weighted by Crippen LogP contribution is 2.27. The zero-order valence-electron chi connectivity index (χ0n) is 11.0. The summed E-state index contributed by atoms with van der Waals surface area (Å²) < 4.78 is 13.3. The molecule has 0 amide bonds. The highest BCUT2D eigenvalue weighted by molar-refractivity contribution is 5.80. The summed E-state index contributed by atoms with van der Waals surface area (Å²) in [6.45, 7) is 5.69. The Bertz CT molecular complexity index is 422. The molecule has 2 unspecified atom stereocenters. The lowest BCUT2D eigenvalue weighted by Gasteiger charge is -2.33. The molecule has 1 aromatic rings. The van der Waals surface area contributed by atoms with Crippen LogP contribution in [0.15, 0.2) is 24.3 Å². The highest BCUT2D eigenvalue weighted by atomic mass is 19.1. The van der Waals surface area contributed by atoms with Crippen LogP contribution in [-0.2, 0) is 10.3 Å². The molecule has 2 N–H and O–H groups in total. The minimum absolute atomic E-state index is 0.0457.